The van der Waals surface area contributed by atoms with Gasteiger partial charge in [0.25, 0.3) is 0 Å². The van der Waals surface area contributed by atoms with Gasteiger partial charge in [0.2, 0.25) is 0 Å². The van der Waals surface area contributed by atoms with E-state index in [2.05, 4.69) is 18.4 Å². The number of carbonyl (C=O) groups is 1. The average Bonchev–Trinajstić information content (AvgIpc) is 2.97. The predicted octanol–water partition coefficient (Wildman–Crippen LogP) is 11.1. The lowest BCUT2D eigenvalue weighted by Crippen LogP contribution is -2.27. The van der Waals surface area contributed by atoms with Gasteiger partial charge in [0.1, 0.15) is 6.61 Å². The minimum Gasteiger partial charge on any atom is -0.498 e. The van der Waals surface area contributed by atoms with Gasteiger partial charge in [-0.05, 0) is 25.3 Å². The maximum Gasteiger partial charge on any atom is 0.469 e. The number of phosphoric acid groups is 1. The van der Waals surface area contributed by atoms with Crippen molar-refractivity contribution in [2.45, 2.75) is 193 Å². The van der Waals surface area contributed by atoms with Crippen LogP contribution in [0.5, 0.6) is 0 Å². The lowest BCUT2D eigenvalue weighted by molar-refractivity contribution is -0.153. The molecule has 43 heavy (non-hydrogen) atoms. The van der Waals surface area contributed by atoms with Gasteiger partial charge in [-0.3, -0.25) is 9.32 Å². The number of rotatable bonds is 34. The third-order valence-corrected chi connectivity index (χ3v) is 8.40. The number of hydrogen-bond donors (Lipinski definition) is 2. The van der Waals surface area contributed by atoms with Crippen molar-refractivity contribution in [2.24, 2.45) is 0 Å². The quantitative estimate of drug-likeness (QED) is 0.0315. The maximum absolute atomic E-state index is 12.3. The molecule has 0 rings (SSSR count). The number of phosphoric ester groups is 1. The summed E-state index contributed by atoms with van der Waals surface area (Å²) in [4.78, 5) is 30.4. The Morgan fingerprint density at radius 1 is 0.605 bits per heavy atom. The molecule has 7 nitrogen and oxygen atoms in total. The third-order valence-electron chi connectivity index (χ3n) is 7.91. The van der Waals surface area contributed by atoms with Crippen molar-refractivity contribution < 1.29 is 33.1 Å². The second-order valence-electron chi connectivity index (χ2n) is 12.3. The molecule has 0 unspecified atom stereocenters. The molecule has 0 amide bonds. The van der Waals surface area contributed by atoms with Crippen LogP contribution in [0.2, 0.25) is 0 Å². The van der Waals surface area contributed by atoms with Gasteiger partial charge in [-0.2, -0.15) is 0 Å². The van der Waals surface area contributed by atoms with Gasteiger partial charge < -0.3 is 19.3 Å². The highest BCUT2D eigenvalue weighted by Crippen LogP contribution is 2.35. The van der Waals surface area contributed by atoms with Crippen molar-refractivity contribution in [3.63, 3.8) is 0 Å². The fraction of sp³-hybridized carbons (Fsp3) is 0.914. The standard InChI is InChI=1S/C35H69O7P/c1-3-5-7-9-11-13-15-16-17-18-19-21-23-25-27-29-31-40-32-34(33-41-43(37,38)39)42-35(36)30-28-26-24-22-20-14-12-10-8-6-4-2/h29,31,34H,3-28,30,32-33H2,1-2H3,(H2,37,38,39)/b31-29-/t34-/m1/s1. The Labute approximate surface area is 265 Å². The average molecular weight is 633 g/mol. The van der Waals surface area contributed by atoms with Crippen LogP contribution in [0.15, 0.2) is 12.3 Å². The SMILES string of the molecule is CCCCCCCCCCCCCCCC/C=C\OC[C@H](COP(=O)(O)O)OC(=O)CCCCCCCCCCCCC. The molecule has 0 aliphatic heterocycles. The number of allylic oxidation sites excluding steroid dienone is 1. The molecule has 0 aromatic heterocycles. The van der Waals surface area contributed by atoms with Crippen LogP contribution in [-0.2, 0) is 23.4 Å². The Bertz CT molecular complexity index is 665. The molecule has 2 N–H and O–H groups in total. The Morgan fingerprint density at radius 3 is 1.42 bits per heavy atom. The van der Waals surface area contributed by atoms with E-state index in [1.165, 1.54) is 135 Å². The molecule has 0 aliphatic carbocycles. The summed E-state index contributed by atoms with van der Waals surface area (Å²) in [5.41, 5.74) is 0. The van der Waals surface area contributed by atoms with E-state index in [1.54, 1.807) is 6.26 Å². The number of unbranched alkanes of at least 4 members (excludes halogenated alkanes) is 24. The zero-order chi connectivity index (χ0) is 31.7. The molecule has 0 spiro atoms. The van der Waals surface area contributed by atoms with Gasteiger partial charge in [-0.15, -0.1) is 0 Å². The first-order valence-electron chi connectivity index (χ1n) is 18.0. The van der Waals surface area contributed by atoms with Crippen LogP contribution >= 0.6 is 7.82 Å². The first-order chi connectivity index (χ1) is 20.9. The molecule has 0 radical (unpaired) electrons. The van der Waals surface area contributed by atoms with Gasteiger partial charge in [0.05, 0.1) is 12.9 Å². The summed E-state index contributed by atoms with van der Waals surface area (Å²) in [5, 5.41) is 0. The predicted molar refractivity (Wildman–Crippen MR) is 179 cm³/mol. The number of esters is 1. The van der Waals surface area contributed by atoms with E-state index < -0.39 is 20.5 Å². The molecule has 0 fully saturated rings. The van der Waals surface area contributed by atoms with Crippen LogP contribution in [0, 0.1) is 0 Å². The fourth-order valence-corrected chi connectivity index (χ4v) is 5.59. The van der Waals surface area contributed by atoms with Crippen LogP contribution in [0.3, 0.4) is 0 Å². The van der Waals surface area contributed by atoms with Gasteiger partial charge in [0, 0.05) is 6.42 Å². The van der Waals surface area contributed by atoms with E-state index >= 15 is 0 Å². The summed E-state index contributed by atoms with van der Waals surface area (Å²) in [5.74, 6) is -0.384. The van der Waals surface area contributed by atoms with Crippen molar-refractivity contribution in [2.75, 3.05) is 13.2 Å². The molecular formula is C35H69O7P. The fourth-order valence-electron chi connectivity index (χ4n) is 5.23. The Kier molecular flexibility index (Phi) is 31.8. The molecule has 0 heterocycles. The number of carbonyl (C=O) groups excluding carboxylic acids is 1. The topological polar surface area (TPSA) is 102 Å². The van der Waals surface area contributed by atoms with Gasteiger partial charge in [0.15, 0.2) is 6.10 Å². The molecule has 0 saturated heterocycles. The highest BCUT2D eigenvalue weighted by atomic mass is 31.2. The minimum absolute atomic E-state index is 0.000758. The normalized spacial score (nSPS) is 12.7. The molecule has 8 heteroatoms. The van der Waals surface area contributed by atoms with E-state index in [4.69, 9.17) is 19.3 Å². The molecule has 0 aromatic carbocycles. The van der Waals surface area contributed by atoms with Crippen molar-refractivity contribution in [3.8, 4) is 0 Å². The van der Waals surface area contributed by atoms with E-state index in [-0.39, 0.29) is 12.6 Å². The zero-order valence-corrected chi connectivity index (χ0v) is 29.0. The lowest BCUT2D eigenvalue weighted by atomic mass is 10.0. The Morgan fingerprint density at radius 2 is 1.00 bits per heavy atom. The molecule has 0 aliphatic rings. The summed E-state index contributed by atoms with van der Waals surface area (Å²) in [7, 11) is -4.65. The molecule has 0 saturated carbocycles. The monoisotopic (exact) mass is 632 g/mol. The zero-order valence-electron chi connectivity index (χ0n) is 28.1. The van der Waals surface area contributed by atoms with Crippen molar-refractivity contribution in [1.82, 2.24) is 0 Å². The summed E-state index contributed by atoms with van der Waals surface area (Å²) in [6.45, 7) is 4.10. The Hall–Kier alpha value is -0.880. The number of hydrogen-bond acceptors (Lipinski definition) is 5. The van der Waals surface area contributed by atoms with E-state index in [0.717, 1.165) is 32.1 Å². The first kappa shape index (κ1) is 42.1. The van der Waals surface area contributed by atoms with Crippen molar-refractivity contribution >= 4 is 13.8 Å². The van der Waals surface area contributed by atoms with Gasteiger partial charge in [-0.25, -0.2) is 4.57 Å². The van der Waals surface area contributed by atoms with Crippen LogP contribution in [0.1, 0.15) is 187 Å². The van der Waals surface area contributed by atoms with Crippen molar-refractivity contribution in [1.29, 1.82) is 0 Å². The minimum atomic E-state index is -4.65. The smallest absolute Gasteiger partial charge is 0.469 e. The molecular weight excluding hydrogens is 563 g/mol. The van der Waals surface area contributed by atoms with Crippen LogP contribution in [0.25, 0.3) is 0 Å². The highest BCUT2D eigenvalue weighted by Gasteiger charge is 2.21. The molecule has 1 atom stereocenters. The highest BCUT2D eigenvalue weighted by molar-refractivity contribution is 7.46. The van der Waals surface area contributed by atoms with Crippen LogP contribution < -0.4 is 0 Å². The van der Waals surface area contributed by atoms with Crippen LogP contribution in [0.4, 0.5) is 0 Å². The molecule has 0 aromatic rings. The summed E-state index contributed by atoms with van der Waals surface area (Å²) < 4.78 is 26.6. The molecule has 0 bridgehead atoms. The van der Waals surface area contributed by atoms with Gasteiger partial charge in [-0.1, -0.05) is 162 Å². The lowest BCUT2D eigenvalue weighted by Gasteiger charge is -2.18. The van der Waals surface area contributed by atoms with Crippen molar-refractivity contribution in [3.05, 3.63) is 12.3 Å². The third kappa shape index (κ3) is 35.5. The summed E-state index contributed by atoms with van der Waals surface area (Å²) in [6.07, 6.45) is 35.8. The molecule has 256 valence electrons. The maximum atomic E-state index is 12.3. The van der Waals surface area contributed by atoms with E-state index in [1.807, 2.05) is 6.08 Å². The number of ether oxygens (including phenoxy) is 2. The van der Waals surface area contributed by atoms with E-state index in [0.29, 0.717) is 6.42 Å². The van der Waals surface area contributed by atoms with Crippen LogP contribution in [-0.4, -0.2) is 35.1 Å². The first-order valence-corrected chi connectivity index (χ1v) is 19.6. The second-order valence-corrected chi connectivity index (χ2v) is 13.5. The van der Waals surface area contributed by atoms with E-state index in [9.17, 15) is 9.36 Å². The van der Waals surface area contributed by atoms with Gasteiger partial charge >= 0.3 is 13.8 Å². The Balaban J connectivity index is 3.86. The summed E-state index contributed by atoms with van der Waals surface area (Å²) in [6, 6.07) is 0. The largest absolute Gasteiger partial charge is 0.498 e. The summed E-state index contributed by atoms with van der Waals surface area (Å²) >= 11 is 0. The second kappa shape index (κ2) is 32.5.